The molecule has 1 aliphatic carbocycles. The smallest absolute Gasteiger partial charge is 0.232 e. The number of nitrogens with one attached hydrogen (secondary N) is 1. The van der Waals surface area contributed by atoms with Gasteiger partial charge in [0.1, 0.15) is 6.07 Å². The fourth-order valence-electron chi connectivity index (χ4n) is 3.11. The third-order valence-corrected chi connectivity index (χ3v) is 4.52. The van der Waals surface area contributed by atoms with E-state index < -0.39 is 0 Å². The lowest BCUT2D eigenvalue weighted by Gasteiger charge is -2.03. The molecule has 6 heteroatoms. The normalized spacial score (nSPS) is 18.7. The minimum atomic E-state index is 0.274. The predicted octanol–water partition coefficient (Wildman–Crippen LogP) is 3.52. The first kappa shape index (κ1) is 15.5. The summed E-state index contributed by atoms with van der Waals surface area (Å²) in [5, 5.41) is 12.5. The Hall–Kier alpha value is -3.07. The number of oxazole rings is 1. The molecule has 2 atom stereocenters. The van der Waals surface area contributed by atoms with Gasteiger partial charge in [0.25, 0.3) is 0 Å². The fourth-order valence-corrected chi connectivity index (χ4v) is 3.11. The lowest BCUT2D eigenvalue weighted by atomic mass is 10.1. The zero-order chi connectivity index (χ0) is 17.1. The number of aryl methyl sites for hydroxylation is 1. The van der Waals surface area contributed by atoms with Gasteiger partial charge in [0.2, 0.25) is 17.5 Å². The van der Waals surface area contributed by atoms with Crippen LogP contribution in [-0.2, 0) is 6.54 Å². The van der Waals surface area contributed by atoms with Gasteiger partial charge in [-0.25, -0.2) is 9.97 Å². The summed E-state index contributed by atoms with van der Waals surface area (Å²) in [6.07, 6.45) is 7.43. The summed E-state index contributed by atoms with van der Waals surface area (Å²) in [4.78, 5) is 8.41. The number of hydrogen-bond donors (Lipinski definition) is 1. The Bertz CT molecular complexity index is 863. The molecule has 0 radical (unpaired) electrons. The molecule has 2 aromatic heterocycles. The summed E-state index contributed by atoms with van der Waals surface area (Å²) in [6.45, 7) is 1.59. The van der Waals surface area contributed by atoms with Crippen molar-refractivity contribution in [2.75, 3.05) is 11.9 Å². The van der Waals surface area contributed by atoms with Gasteiger partial charge in [0, 0.05) is 31.4 Å². The van der Waals surface area contributed by atoms with Crippen LogP contribution >= 0.6 is 0 Å². The van der Waals surface area contributed by atoms with Gasteiger partial charge in [0.05, 0.1) is 6.33 Å². The minimum absolute atomic E-state index is 0.274. The highest BCUT2D eigenvalue weighted by atomic mass is 16.4. The maximum absolute atomic E-state index is 9.30. The minimum Gasteiger partial charge on any atom is -0.424 e. The molecule has 2 heterocycles. The number of benzene rings is 1. The highest BCUT2D eigenvalue weighted by molar-refractivity contribution is 5.46. The average Bonchev–Trinajstić information content (AvgIpc) is 3.08. The highest BCUT2D eigenvalue weighted by Gasteiger charge is 2.43. The van der Waals surface area contributed by atoms with Crippen LogP contribution in [0.2, 0.25) is 0 Å². The molecule has 25 heavy (non-hydrogen) atoms. The topological polar surface area (TPSA) is 79.7 Å². The first-order valence-electron chi connectivity index (χ1n) is 8.50. The Balaban J connectivity index is 1.36. The molecule has 1 saturated carbocycles. The van der Waals surface area contributed by atoms with Gasteiger partial charge in [-0.1, -0.05) is 30.3 Å². The quantitative estimate of drug-likeness (QED) is 0.669. The van der Waals surface area contributed by atoms with Gasteiger partial charge in [-0.05, 0) is 24.3 Å². The summed E-state index contributed by atoms with van der Waals surface area (Å²) >= 11 is 0. The third-order valence-electron chi connectivity index (χ3n) is 4.52. The van der Waals surface area contributed by atoms with E-state index in [2.05, 4.69) is 33.5 Å². The number of anilines is 1. The van der Waals surface area contributed by atoms with Gasteiger partial charge < -0.3 is 14.3 Å². The SMILES string of the molecule is N#Cc1nc([C@H]2C[C@@H]2c2ccccc2)oc1NCCCn1ccnc1. The standard InChI is InChI=1S/C19H19N5O/c20-12-17-19(22-7-4-9-24-10-8-21-13-24)25-18(23-17)16-11-15(16)14-5-2-1-3-6-14/h1-3,5-6,8,10,13,15-16,22H,4,7,9,11H2/t15-,16+/m1/s1. The Morgan fingerprint density at radius 3 is 2.92 bits per heavy atom. The van der Waals surface area contributed by atoms with Gasteiger partial charge in [-0.15, -0.1) is 0 Å². The average molecular weight is 333 g/mol. The van der Waals surface area contributed by atoms with Crippen molar-refractivity contribution in [2.24, 2.45) is 0 Å². The van der Waals surface area contributed by atoms with Crippen molar-refractivity contribution < 1.29 is 4.42 Å². The van der Waals surface area contributed by atoms with Crippen molar-refractivity contribution in [3.8, 4) is 6.07 Å². The van der Waals surface area contributed by atoms with Crippen LogP contribution in [0.25, 0.3) is 0 Å². The predicted molar refractivity (Wildman–Crippen MR) is 93.1 cm³/mol. The first-order valence-corrected chi connectivity index (χ1v) is 8.50. The molecular weight excluding hydrogens is 314 g/mol. The van der Waals surface area contributed by atoms with Crippen molar-refractivity contribution in [2.45, 2.75) is 31.2 Å². The van der Waals surface area contributed by atoms with Crippen molar-refractivity contribution in [3.05, 3.63) is 66.2 Å². The van der Waals surface area contributed by atoms with E-state index in [0.29, 0.717) is 29.9 Å². The molecule has 1 fully saturated rings. The Labute approximate surface area is 146 Å². The lowest BCUT2D eigenvalue weighted by molar-refractivity contribution is 0.503. The van der Waals surface area contributed by atoms with Crippen LogP contribution in [0.3, 0.4) is 0 Å². The van der Waals surface area contributed by atoms with E-state index in [1.54, 1.807) is 12.5 Å². The van der Waals surface area contributed by atoms with Gasteiger partial charge >= 0.3 is 0 Å². The van der Waals surface area contributed by atoms with Crippen LogP contribution in [-0.4, -0.2) is 21.1 Å². The van der Waals surface area contributed by atoms with Gasteiger partial charge in [-0.2, -0.15) is 5.26 Å². The summed E-state index contributed by atoms with van der Waals surface area (Å²) < 4.78 is 7.88. The first-order chi connectivity index (χ1) is 12.3. The van der Waals surface area contributed by atoms with E-state index in [9.17, 15) is 5.26 Å². The van der Waals surface area contributed by atoms with E-state index >= 15 is 0 Å². The van der Waals surface area contributed by atoms with Gasteiger partial charge in [0.15, 0.2) is 0 Å². The molecule has 0 unspecified atom stereocenters. The fraction of sp³-hybridized carbons (Fsp3) is 0.316. The number of nitriles is 1. The lowest BCUT2D eigenvalue weighted by Crippen LogP contribution is -2.06. The number of nitrogens with zero attached hydrogens (tertiary/aromatic N) is 4. The number of aromatic nitrogens is 3. The summed E-state index contributed by atoms with van der Waals surface area (Å²) in [7, 11) is 0. The zero-order valence-corrected chi connectivity index (χ0v) is 13.8. The van der Waals surface area contributed by atoms with Crippen LogP contribution in [0.1, 0.15) is 41.8 Å². The van der Waals surface area contributed by atoms with E-state index in [0.717, 1.165) is 19.4 Å². The molecule has 0 bridgehead atoms. The van der Waals surface area contributed by atoms with Crippen molar-refractivity contribution in [3.63, 3.8) is 0 Å². The molecular formula is C19H19N5O. The molecule has 0 saturated heterocycles. The van der Waals surface area contributed by atoms with E-state index in [1.807, 2.05) is 29.0 Å². The van der Waals surface area contributed by atoms with Crippen LogP contribution in [0.15, 0.2) is 53.5 Å². The number of rotatable bonds is 7. The Morgan fingerprint density at radius 2 is 2.16 bits per heavy atom. The number of imidazole rings is 1. The number of hydrogen-bond acceptors (Lipinski definition) is 5. The molecule has 0 aliphatic heterocycles. The van der Waals surface area contributed by atoms with Gasteiger partial charge in [-0.3, -0.25) is 0 Å². The molecule has 0 amide bonds. The van der Waals surface area contributed by atoms with Crippen LogP contribution in [0.5, 0.6) is 0 Å². The van der Waals surface area contributed by atoms with Crippen LogP contribution < -0.4 is 5.32 Å². The highest BCUT2D eigenvalue weighted by Crippen LogP contribution is 2.54. The zero-order valence-electron chi connectivity index (χ0n) is 13.8. The summed E-state index contributed by atoms with van der Waals surface area (Å²) in [5.74, 6) is 1.88. The summed E-state index contributed by atoms with van der Waals surface area (Å²) in [6, 6.07) is 12.5. The van der Waals surface area contributed by atoms with Crippen LogP contribution in [0.4, 0.5) is 5.88 Å². The molecule has 126 valence electrons. The monoisotopic (exact) mass is 333 g/mol. The molecule has 1 N–H and O–H groups in total. The molecule has 6 nitrogen and oxygen atoms in total. The van der Waals surface area contributed by atoms with Crippen LogP contribution in [0, 0.1) is 11.3 Å². The van der Waals surface area contributed by atoms with Crippen molar-refractivity contribution >= 4 is 5.88 Å². The van der Waals surface area contributed by atoms with Crippen molar-refractivity contribution in [1.29, 1.82) is 5.26 Å². The van der Waals surface area contributed by atoms with Crippen molar-refractivity contribution in [1.82, 2.24) is 14.5 Å². The largest absolute Gasteiger partial charge is 0.424 e. The maximum Gasteiger partial charge on any atom is 0.232 e. The van der Waals surface area contributed by atoms with E-state index in [1.165, 1.54) is 5.56 Å². The maximum atomic E-state index is 9.30. The Morgan fingerprint density at radius 1 is 1.28 bits per heavy atom. The second-order valence-corrected chi connectivity index (χ2v) is 6.28. The van der Waals surface area contributed by atoms with E-state index in [4.69, 9.17) is 4.42 Å². The molecule has 1 aromatic carbocycles. The molecule has 1 aliphatic rings. The molecule has 0 spiro atoms. The molecule has 4 rings (SSSR count). The third kappa shape index (κ3) is 3.41. The second-order valence-electron chi connectivity index (χ2n) is 6.28. The second kappa shape index (κ2) is 6.81. The molecule has 3 aromatic rings. The summed E-state index contributed by atoms with van der Waals surface area (Å²) in [5.41, 5.74) is 1.65. The Kier molecular flexibility index (Phi) is 4.21. The van der Waals surface area contributed by atoms with E-state index in [-0.39, 0.29) is 5.92 Å².